The summed E-state index contributed by atoms with van der Waals surface area (Å²) in [6.07, 6.45) is 1.76. The van der Waals surface area contributed by atoms with E-state index in [1.165, 1.54) is 11.1 Å². The molecule has 0 atom stereocenters. The first-order valence-corrected chi connectivity index (χ1v) is 6.26. The van der Waals surface area contributed by atoms with Gasteiger partial charge in [-0.3, -0.25) is 5.10 Å². The van der Waals surface area contributed by atoms with Gasteiger partial charge in [0.2, 0.25) is 0 Å². The van der Waals surface area contributed by atoms with Gasteiger partial charge < -0.3 is 5.73 Å². The lowest BCUT2D eigenvalue weighted by molar-refractivity contribution is 1.07. The van der Waals surface area contributed by atoms with Crippen LogP contribution in [-0.2, 0) is 6.54 Å². The molecule has 0 bridgehead atoms. The van der Waals surface area contributed by atoms with Crippen molar-refractivity contribution in [2.75, 3.05) is 0 Å². The first kappa shape index (κ1) is 11.7. The van der Waals surface area contributed by atoms with Crippen molar-refractivity contribution < 1.29 is 0 Å². The highest BCUT2D eigenvalue weighted by Gasteiger charge is 2.03. The molecule has 2 aromatic carbocycles. The average molecular weight is 249 g/mol. The molecule has 19 heavy (non-hydrogen) atoms. The van der Waals surface area contributed by atoms with Gasteiger partial charge in [0.1, 0.15) is 0 Å². The quantitative estimate of drug-likeness (QED) is 0.749. The number of nitrogens with zero attached hydrogens (tertiary/aromatic N) is 1. The summed E-state index contributed by atoms with van der Waals surface area (Å²) >= 11 is 0. The highest BCUT2D eigenvalue weighted by atomic mass is 15.1. The molecule has 0 aliphatic rings. The molecule has 0 amide bonds. The van der Waals surface area contributed by atoms with Gasteiger partial charge >= 0.3 is 0 Å². The molecular weight excluding hydrogens is 234 g/mol. The maximum atomic E-state index is 5.69. The molecule has 0 unspecified atom stereocenters. The Balaban J connectivity index is 2.03. The van der Waals surface area contributed by atoms with Crippen molar-refractivity contribution in [2.24, 2.45) is 5.73 Å². The van der Waals surface area contributed by atoms with Crippen LogP contribution in [-0.4, -0.2) is 10.2 Å². The molecule has 0 saturated carbocycles. The molecule has 0 aliphatic carbocycles. The second-order valence-corrected chi connectivity index (χ2v) is 4.46. The van der Waals surface area contributed by atoms with Crippen molar-refractivity contribution in [1.29, 1.82) is 0 Å². The third-order valence-corrected chi connectivity index (χ3v) is 3.17. The van der Waals surface area contributed by atoms with Gasteiger partial charge in [-0.2, -0.15) is 5.10 Å². The fourth-order valence-corrected chi connectivity index (χ4v) is 2.16. The Kier molecular flexibility index (Phi) is 3.12. The number of nitrogens with one attached hydrogen (secondary N) is 1. The number of nitrogens with two attached hydrogens (primary N) is 1. The summed E-state index contributed by atoms with van der Waals surface area (Å²) in [5, 5.41) is 6.97. The lowest BCUT2D eigenvalue weighted by Crippen LogP contribution is -1.95. The third-order valence-electron chi connectivity index (χ3n) is 3.17. The van der Waals surface area contributed by atoms with E-state index in [0.29, 0.717) is 6.54 Å². The number of hydrogen-bond acceptors (Lipinski definition) is 2. The summed E-state index contributed by atoms with van der Waals surface area (Å²) in [4.78, 5) is 0. The van der Waals surface area contributed by atoms with Gasteiger partial charge in [0.25, 0.3) is 0 Å². The van der Waals surface area contributed by atoms with E-state index in [4.69, 9.17) is 5.73 Å². The average Bonchev–Trinajstić information content (AvgIpc) is 3.02. The van der Waals surface area contributed by atoms with Crippen LogP contribution in [0, 0.1) is 0 Å². The van der Waals surface area contributed by atoms with Crippen LogP contribution in [0.5, 0.6) is 0 Å². The zero-order chi connectivity index (χ0) is 13.1. The van der Waals surface area contributed by atoms with Crippen molar-refractivity contribution in [3.8, 4) is 22.4 Å². The molecule has 1 aromatic heterocycles. The monoisotopic (exact) mass is 249 g/mol. The molecule has 3 aromatic rings. The lowest BCUT2D eigenvalue weighted by Gasteiger charge is -2.06. The molecule has 3 N–H and O–H groups in total. The summed E-state index contributed by atoms with van der Waals surface area (Å²) in [7, 11) is 0. The number of H-pyrrole nitrogens is 1. The first-order chi connectivity index (χ1) is 9.36. The van der Waals surface area contributed by atoms with Gasteiger partial charge in [-0.15, -0.1) is 0 Å². The van der Waals surface area contributed by atoms with E-state index >= 15 is 0 Å². The Bertz CT molecular complexity index is 672. The van der Waals surface area contributed by atoms with Crippen LogP contribution in [0.25, 0.3) is 22.4 Å². The highest BCUT2D eigenvalue weighted by molar-refractivity contribution is 5.71. The molecule has 0 spiro atoms. The molecule has 0 aliphatic heterocycles. The second kappa shape index (κ2) is 5.08. The van der Waals surface area contributed by atoms with Crippen LogP contribution in [0.15, 0.2) is 60.8 Å². The van der Waals surface area contributed by atoms with Crippen LogP contribution in [0.4, 0.5) is 0 Å². The van der Waals surface area contributed by atoms with Crippen molar-refractivity contribution in [3.05, 3.63) is 66.4 Å². The Morgan fingerprint density at radius 1 is 0.895 bits per heavy atom. The van der Waals surface area contributed by atoms with E-state index in [0.717, 1.165) is 16.8 Å². The van der Waals surface area contributed by atoms with Crippen molar-refractivity contribution >= 4 is 0 Å². The fourth-order valence-electron chi connectivity index (χ4n) is 2.16. The summed E-state index contributed by atoms with van der Waals surface area (Å²) in [6, 6.07) is 18.7. The Morgan fingerprint density at radius 3 is 2.37 bits per heavy atom. The van der Waals surface area contributed by atoms with Crippen molar-refractivity contribution in [3.63, 3.8) is 0 Å². The number of rotatable bonds is 3. The first-order valence-electron chi connectivity index (χ1n) is 6.26. The number of benzene rings is 2. The Hall–Kier alpha value is -2.39. The summed E-state index contributed by atoms with van der Waals surface area (Å²) in [6.45, 7) is 0.564. The summed E-state index contributed by atoms with van der Waals surface area (Å²) in [5.74, 6) is 0. The molecule has 94 valence electrons. The lowest BCUT2D eigenvalue weighted by atomic mass is 10.00. The largest absolute Gasteiger partial charge is 0.326 e. The number of aromatic amines is 1. The smallest absolute Gasteiger partial charge is 0.0650 e. The van der Waals surface area contributed by atoms with Gasteiger partial charge in [-0.1, -0.05) is 36.4 Å². The molecule has 3 rings (SSSR count). The normalized spacial score (nSPS) is 10.6. The van der Waals surface area contributed by atoms with E-state index in [-0.39, 0.29) is 0 Å². The molecule has 0 radical (unpaired) electrons. The predicted octanol–water partition coefficient (Wildman–Crippen LogP) is 3.20. The van der Waals surface area contributed by atoms with Gasteiger partial charge in [-0.05, 0) is 34.9 Å². The van der Waals surface area contributed by atoms with E-state index in [1.807, 2.05) is 18.2 Å². The van der Waals surface area contributed by atoms with E-state index in [2.05, 4.69) is 46.6 Å². The van der Waals surface area contributed by atoms with E-state index in [1.54, 1.807) is 6.20 Å². The highest BCUT2D eigenvalue weighted by Crippen LogP contribution is 2.25. The van der Waals surface area contributed by atoms with Crippen molar-refractivity contribution in [1.82, 2.24) is 10.2 Å². The SMILES string of the molecule is NCc1cccc(-c2cccc(-c3ccn[nH]3)c2)c1. The zero-order valence-electron chi connectivity index (χ0n) is 10.5. The Labute approximate surface area is 112 Å². The van der Waals surface area contributed by atoms with Gasteiger partial charge in [0, 0.05) is 18.3 Å². The number of hydrogen-bond donors (Lipinski definition) is 2. The second-order valence-electron chi connectivity index (χ2n) is 4.46. The molecular formula is C16H15N3. The molecule has 0 fully saturated rings. The third kappa shape index (κ3) is 2.41. The van der Waals surface area contributed by atoms with E-state index in [9.17, 15) is 0 Å². The minimum absolute atomic E-state index is 0.564. The minimum Gasteiger partial charge on any atom is -0.326 e. The van der Waals surface area contributed by atoms with Crippen LogP contribution in [0.3, 0.4) is 0 Å². The van der Waals surface area contributed by atoms with Crippen LogP contribution in [0.2, 0.25) is 0 Å². The van der Waals surface area contributed by atoms with Gasteiger partial charge in [0.05, 0.1) is 5.69 Å². The van der Waals surface area contributed by atoms with Crippen LogP contribution in [0.1, 0.15) is 5.56 Å². The maximum Gasteiger partial charge on any atom is 0.0650 e. The van der Waals surface area contributed by atoms with Crippen LogP contribution >= 0.6 is 0 Å². The van der Waals surface area contributed by atoms with Crippen molar-refractivity contribution in [2.45, 2.75) is 6.54 Å². The minimum atomic E-state index is 0.564. The maximum absolute atomic E-state index is 5.69. The predicted molar refractivity (Wildman–Crippen MR) is 77.4 cm³/mol. The molecule has 3 nitrogen and oxygen atoms in total. The Morgan fingerprint density at radius 2 is 1.63 bits per heavy atom. The number of aromatic nitrogens is 2. The molecule has 3 heteroatoms. The summed E-state index contributed by atoms with van der Waals surface area (Å²) in [5.41, 5.74) is 11.4. The van der Waals surface area contributed by atoms with Gasteiger partial charge in [-0.25, -0.2) is 0 Å². The zero-order valence-corrected chi connectivity index (χ0v) is 10.5. The molecule has 0 saturated heterocycles. The fraction of sp³-hybridized carbons (Fsp3) is 0.0625. The standard InChI is InChI=1S/C16H15N3/c17-11-12-3-1-4-13(9-12)14-5-2-6-15(10-14)16-7-8-18-19-16/h1-10H,11,17H2,(H,18,19). The van der Waals surface area contributed by atoms with Crippen LogP contribution < -0.4 is 5.73 Å². The molecule has 1 heterocycles. The topological polar surface area (TPSA) is 54.7 Å². The van der Waals surface area contributed by atoms with E-state index < -0.39 is 0 Å². The summed E-state index contributed by atoms with van der Waals surface area (Å²) < 4.78 is 0. The van der Waals surface area contributed by atoms with Gasteiger partial charge in [0.15, 0.2) is 0 Å².